The van der Waals surface area contributed by atoms with Crippen LogP contribution in [-0.2, 0) is 6.54 Å². The van der Waals surface area contributed by atoms with Crippen LogP contribution in [0.3, 0.4) is 0 Å². The van der Waals surface area contributed by atoms with E-state index in [9.17, 15) is 0 Å². The molecule has 0 saturated carbocycles. The summed E-state index contributed by atoms with van der Waals surface area (Å²) in [6, 6.07) is 0. The Balaban J connectivity index is -0.0000000335. The van der Waals surface area contributed by atoms with Crippen molar-refractivity contribution in [2.24, 2.45) is 0 Å². The molecule has 1 aromatic rings. The molecule has 3 heteroatoms. The minimum absolute atomic E-state index is 0. The lowest BCUT2D eigenvalue weighted by Crippen LogP contribution is -1.96. The summed E-state index contributed by atoms with van der Waals surface area (Å²) in [6.45, 7) is 6.85. The van der Waals surface area contributed by atoms with Gasteiger partial charge in [-0.3, -0.25) is 0 Å². The number of hydrogen-bond acceptors (Lipinski definition) is 2. The van der Waals surface area contributed by atoms with Crippen LogP contribution in [0.5, 0.6) is 0 Å². The van der Waals surface area contributed by atoms with Gasteiger partial charge in [-0.1, -0.05) is 43.6 Å². The predicted molar refractivity (Wildman–Crippen MR) is 64.0 cm³/mol. The highest BCUT2D eigenvalue weighted by atomic mass is 15.5. The molecule has 0 fully saturated rings. The number of aromatic nitrogens is 3. The number of nitrogens with zero attached hydrogens (tertiary/aromatic N) is 3. The molecule has 0 spiro atoms. The van der Waals surface area contributed by atoms with Crippen molar-refractivity contribution in [2.45, 2.75) is 57.0 Å². The second-order valence-corrected chi connectivity index (χ2v) is 1.22. The fraction of sp³-hybridized carbons (Fsp3) is 0.800. The van der Waals surface area contributed by atoms with Gasteiger partial charge in [-0.05, 0) is 6.92 Å². The van der Waals surface area contributed by atoms with Crippen LogP contribution in [0.15, 0.2) is 12.4 Å². The first-order valence-corrected chi connectivity index (χ1v) is 3.27. The van der Waals surface area contributed by atoms with E-state index in [1.54, 1.807) is 17.2 Å². The van der Waals surface area contributed by atoms with E-state index in [2.05, 4.69) is 10.2 Å². The average molecular weight is 191 g/mol. The first-order valence-electron chi connectivity index (χ1n) is 3.27. The number of hydrogen-bond donors (Lipinski definition) is 0. The van der Waals surface area contributed by atoms with Gasteiger partial charge in [0.15, 0.2) is 0 Å². The summed E-state index contributed by atoms with van der Waals surface area (Å²) in [6.07, 6.45) is 3.34. The van der Waals surface area contributed by atoms with Gasteiger partial charge in [0.2, 0.25) is 0 Å². The summed E-state index contributed by atoms with van der Waals surface area (Å²) in [4.78, 5) is 1.62. The summed E-state index contributed by atoms with van der Waals surface area (Å²) in [7, 11) is 0. The summed E-state index contributed by atoms with van der Waals surface area (Å²) >= 11 is 0. The SMILES string of the molecule is C.C.C.C.CC.CCn1nccn1. The van der Waals surface area contributed by atoms with Crippen molar-refractivity contribution in [2.75, 3.05) is 0 Å². The molecule has 0 N–H and O–H groups in total. The molecular formula is C10H29N3. The van der Waals surface area contributed by atoms with E-state index in [1.807, 2.05) is 20.8 Å². The molecule has 84 valence electrons. The molecule has 0 saturated heterocycles. The maximum absolute atomic E-state index is 3.84. The van der Waals surface area contributed by atoms with Gasteiger partial charge in [0.25, 0.3) is 0 Å². The van der Waals surface area contributed by atoms with Gasteiger partial charge in [-0.2, -0.15) is 15.0 Å². The van der Waals surface area contributed by atoms with Crippen LogP contribution >= 0.6 is 0 Å². The number of aryl methyl sites for hydroxylation is 1. The predicted octanol–water partition coefficient (Wildman–Crippen LogP) is 3.87. The van der Waals surface area contributed by atoms with Crippen molar-refractivity contribution in [1.82, 2.24) is 15.0 Å². The van der Waals surface area contributed by atoms with E-state index >= 15 is 0 Å². The highest BCUT2D eigenvalue weighted by Crippen LogP contribution is 1.72. The molecule has 0 aliphatic heterocycles. The molecule has 3 nitrogen and oxygen atoms in total. The molecule has 13 heavy (non-hydrogen) atoms. The summed E-state index contributed by atoms with van der Waals surface area (Å²) in [5, 5.41) is 7.68. The Morgan fingerprint density at radius 2 is 1.23 bits per heavy atom. The molecule has 1 aromatic heterocycles. The molecule has 0 unspecified atom stereocenters. The molecule has 0 atom stereocenters. The van der Waals surface area contributed by atoms with Crippen LogP contribution in [0.25, 0.3) is 0 Å². The zero-order chi connectivity index (χ0) is 7.11. The van der Waals surface area contributed by atoms with Crippen LogP contribution in [0.2, 0.25) is 0 Å². The van der Waals surface area contributed by atoms with Crippen molar-refractivity contribution in [3.8, 4) is 0 Å². The van der Waals surface area contributed by atoms with Gasteiger partial charge >= 0.3 is 0 Å². The first-order chi connectivity index (χ1) is 4.43. The van der Waals surface area contributed by atoms with Gasteiger partial charge < -0.3 is 0 Å². The number of rotatable bonds is 1. The Bertz CT molecular complexity index is 125. The minimum atomic E-state index is 0. The molecule has 0 radical (unpaired) electrons. The lowest BCUT2D eigenvalue weighted by Gasteiger charge is -1.85. The molecule has 0 aliphatic rings. The van der Waals surface area contributed by atoms with Crippen molar-refractivity contribution in [3.05, 3.63) is 12.4 Å². The molecule has 1 rings (SSSR count). The Morgan fingerprint density at radius 1 is 0.923 bits per heavy atom. The largest absolute Gasteiger partial charge is 0.185 e. The smallest absolute Gasteiger partial charge is 0.0693 e. The van der Waals surface area contributed by atoms with Gasteiger partial charge in [0.1, 0.15) is 0 Å². The molecule has 0 aromatic carbocycles. The van der Waals surface area contributed by atoms with Crippen LogP contribution < -0.4 is 0 Å². The Labute approximate surface area is 85.2 Å². The topological polar surface area (TPSA) is 30.7 Å². The zero-order valence-electron chi connectivity index (χ0n) is 6.20. The second kappa shape index (κ2) is 22.5. The zero-order valence-corrected chi connectivity index (χ0v) is 6.20. The third kappa shape index (κ3) is 14.0. The molecule has 0 aliphatic carbocycles. The summed E-state index contributed by atoms with van der Waals surface area (Å²) in [5.41, 5.74) is 0. The lowest BCUT2D eigenvalue weighted by molar-refractivity contribution is 0.569. The Morgan fingerprint density at radius 3 is 1.38 bits per heavy atom. The maximum atomic E-state index is 3.84. The molecule has 0 bridgehead atoms. The third-order valence-corrected chi connectivity index (χ3v) is 0.749. The summed E-state index contributed by atoms with van der Waals surface area (Å²) in [5.74, 6) is 0. The van der Waals surface area contributed by atoms with Gasteiger partial charge in [-0.15, -0.1) is 0 Å². The highest BCUT2D eigenvalue weighted by Gasteiger charge is 1.78. The van der Waals surface area contributed by atoms with E-state index in [0.29, 0.717) is 0 Å². The molecular weight excluding hydrogens is 162 g/mol. The van der Waals surface area contributed by atoms with Crippen LogP contribution in [0.1, 0.15) is 50.5 Å². The van der Waals surface area contributed by atoms with Crippen molar-refractivity contribution in [1.29, 1.82) is 0 Å². The fourth-order valence-electron chi connectivity index (χ4n) is 0.407. The Kier molecular flexibility index (Phi) is 51.1. The van der Waals surface area contributed by atoms with Crippen LogP contribution in [-0.4, -0.2) is 15.0 Å². The Hall–Kier alpha value is -0.860. The normalized spacial score (nSPS) is 5.46. The van der Waals surface area contributed by atoms with E-state index in [-0.39, 0.29) is 29.7 Å². The average Bonchev–Trinajstić information content (AvgIpc) is 2.43. The highest BCUT2D eigenvalue weighted by molar-refractivity contribution is 4.58. The standard InChI is InChI=1S/C4H7N3.C2H6.4CH4/c1-2-7-5-3-4-6-7;1-2;;;;/h3-4H,2H2,1H3;1-2H3;4*1H4. The third-order valence-electron chi connectivity index (χ3n) is 0.749. The maximum Gasteiger partial charge on any atom is 0.0693 e. The molecule has 1 heterocycles. The van der Waals surface area contributed by atoms with E-state index in [1.165, 1.54) is 0 Å². The van der Waals surface area contributed by atoms with Gasteiger partial charge in [-0.25, -0.2) is 0 Å². The van der Waals surface area contributed by atoms with Crippen LogP contribution in [0, 0.1) is 0 Å². The minimum Gasteiger partial charge on any atom is -0.185 e. The van der Waals surface area contributed by atoms with Gasteiger partial charge in [0, 0.05) is 0 Å². The van der Waals surface area contributed by atoms with Gasteiger partial charge in [0.05, 0.1) is 18.9 Å². The second-order valence-electron chi connectivity index (χ2n) is 1.22. The van der Waals surface area contributed by atoms with Crippen LogP contribution in [0.4, 0.5) is 0 Å². The van der Waals surface area contributed by atoms with E-state index in [4.69, 9.17) is 0 Å². The van der Waals surface area contributed by atoms with Crippen molar-refractivity contribution < 1.29 is 0 Å². The van der Waals surface area contributed by atoms with E-state index < -0.39 is 0 Å². The fourth-order valence-corrected chi connectivity index (χ4v) is 0.407. The lowest BCUT2D eigenvalue weighted by atomic mass is 10.8. The molecule has 0 amide bonds. The summed E-state index contributed by atoms with van der Waals surface area (Å²) < 4.78 is 0. The van der Waals surface area contributed by atoms with Crippen molar-refractivity contribution >= 4 is 0 Å². The quantitative estimate of drug-likeness (QED) is 0.674. The first kappa shape index (κ1) is 29.6. The van der Waals surface area contributed by atoms with E-state index in [0.717, 1.165) is 6.54 Å². The van der Waals surface area contributed by atoms with Crippen molar-refractivity contribution in [3.63, 3.8) is 0 Å². The monoisotopic (exact) mass is 191 g/mol.